The van der Waals surface area contributed by atoms with E-state index in [4.69, 9.17) is 16.1 Å². The Morgan fingerprint density at radius 1 is 1.11 bits per heavy atom. The predicted octanol–water partition coefficient (Wildman–Crippen LogP) is 5.23. The van der Waals surface area contributed by atoms with Crippen LogP contribution in [0, 0.1) is 0 Å². The molecule has 0 aliphatic carbocycles. The first-order chi connectivity index (χ1) is 12.8. The van der Waals surface area contributed by atoms with Crippen molar-refractivity contribution in [1.82, 2.24) is 10.1 Å². The van der Waals surface area contributed by atoms with Gasteiger partial charge in [-0.1, -0.05) is 46.7 Å². The third-order valence-corrected chi connectivity index (χ3v) is 4.43. The van der Waals surface area contributed by atoms with E-state index in [0.717, 1.165) is 11.1 Å². The minimum Gasteiger partial charge on any atom is -0.464 e. The second kappa shape index (κ2) is 7.43. The second-order valence-electron chi connectivity index (χ2n) is 8.46. The van der Waals surface area contributed by atoms with E-state index in [1.807, 2.05) is 41.5 Å². The number of alkyl halides is 1. The van der Waals surface area contributed by atoms with E-state index in [0.29, 0.717) is 5.69 Å². The summed E-state index contributed by atoms with van der Waals surface area (Å²) in [7, 11) is 0. The molecule has 2 aromatic heterocycles. The van der Waals surface area contributed by atoms with Crippen LogP contribution in [-0.2, 0) is 16.7 Å². The highest BCUT2D eigenvalue weighted by Gasteiger charge is 2.36. The summed E-state index contributed by atoms with van der Waals surface area (Å²) in [5.74, 6) is 0.0503. The third-order valence-electron chi connectivity index (χ3n) is 4.15. The van der Waals surface area contributed by atoms with Crippen LogP contribution in [0.4, 0.5) is 15.4 Å². The molecule has 0 unspecified atom stereocenters. The van der Waals surface area contributed by atoms with Crippen molar-refractivity contribution in [2.75, 3.05) is 4.90 Å². The van der Waals surface area contributed by atoms with Gasteiger partial charge in [0.05, 0.1) is 17.1 Å². The molecule has 0 bridgehead atoms. The topological polar surface area (TPSA) is 117 Å². The highest BCUT2D eigenvalue weighted by Crippen LogP contribution is 2.44. The molecule has 9 heteroatoms. The molecular formula is C19H24ClN3O5. The fourth-order valence-electron chi connectivity index (χ4n) is 3.01. The normalized spacial score (nSPS) is 12.1. The first-order valence-corrected chi connectivity index (χ1v) is 9.14. The second-order valence-corrected chi connectivity index (χ2v) is 8.73. The average molecular weight is 410 g/mol. The molecule has 0 aromatic carbocycles. The molecule has 28 heavy (non-hydrogen) atoms. The van der Waals surface area contributed by atoms with Crippen LogP contribution >= 0.6 is 11.6 Å². The molecule has 2 aromatic rings. The van der Waals surface area contributed by atoms with E-state index in [-0.39, 0.29) is 33.3 Å². The Kier molecular flexibility index (Phi) is 5.75. The number of anilines is 1. The van der Waals surface area contributed by atoms with Gasteiger partial charge in [-0.2, -0.15) is 4.90 Å². The monoisotopic (exact) mass is 409 g/mol. The Morgan fingerprint density at radius 3 is 2.07 bits per heavy atom. The Hall–Kier alpha value is -2.61. The summed E-state index contributed by atoms with van der Waals surface area (Å²) in [4.78, 5) is 27.7. The maximum Gasteiger partial charge on any atom is 0.422 e. The van der Waals surface area contributed by atoms with Crippen molar-refractivity contribution in [3.63, 3.8) is 0 Å². The number of carboxylic acid groups (broad SMARTS) is 2. The van der Waals surface area contributed by atoms with Crippen LogP contribution in [-0.4, -0.2) is 32.5 Å². The minimum absolute atomic E-state index is 0.0949. The number of amides is 2. The van der Waals surface area contributed by atoms with Crippen LogP contribution in [0.25, 0.3) is 11.3 Å². The molecule has 0 saturated carbocycles. The molecule has 2 rings (SSSR count). The van der Waals surface area contributed by atoms with E-state index in [9.17, 15) is 19.8 Å². The molecular weight excluding hydrogens is 386 g/mol. The smallest absolute Gasteiger partial charge is 0.422 e. The maximum atomic E-state index is 11.7. The molecule has 2 N–H and O–H groups in total. The van der Waals surface area contributed by atoms with E-state index in [2.05, 4.69) is 10.1 Å². The van der Waals surface area contributed by atoms with Crippen molar-refractivity contribution >= 4 is 29.6 Å². The van der Waals surface area contributed by atoms with Gasteiger partial charge < -0.3 is 14.7 Å². The lowest BCUT2D eigenvalue weighted by Gasteiger charge is -2.33. The van der Waals surface area contributed by atoms with Gasteiger partial charge in [-0.05, 0) is 22.0 Å². The fraction of sp³-hybridized carbons (Fsp3) is 0.474. The van der Waals surface area contributed by atoms with Crippen molar-refractivity contribution < 1.29 is 24.3 Å². The molecule has 0 radical (unpaired) electrons. The summed E-state index contributed by atoms with van der Waals surface area (Å²) in [6, 6.07) is 1.57. The summed E-state index contributed by atoms with van der Waals surface area (Å²) in [6.07, 6.45) is -1.81. The lowest BCUT2D eigenvalue weighted by atomic mass is 9.73. The zero-order valence-electron chi connectivity index (χ0n) is 16.7. The minimum atomic E-state index is -1.67. The van der Waals surface area contributed by atoms with Crippen molar-refractivity contribution in [2.24, 2.45) is 0 Å². The number of nitrogens with zero attached hydrogens (tertiary/aromatic N) is 3. The van der Waals surface area contributed by atoms with Crippen molar-refractivity contribution in [2.45, 2.75) is 58.3 Å². The van der Waals surface area contributed by atoms with Crippen molar-refractivity contribution in [3.8, 4) is 11.3 Å². The van der Waals surface area contributed by atoms with Crippen molar-refractivity contribution in [1.29, 1.82) is 0 Å². The average Bonchev–Trinajstić information content (AvgIpc) is 3.00. The SMILES string of the molecule is CC(C)(C)c1cnc(N(C(=O)O)C(=O)O)c(-c2cc(CCl)no2)c1C(C)(C)C. The number of hydrogen-bond donors (Lipinski definition) is 2. The summed E-state index contributed by atoms with van der Waals surface area (Å²) in [6.45, 7) is 11.9. The van der Waals surface area contributed by atoms with Crippen LogP contribution < -0.4 is 4.90 Å². The number of rotatable bonds is 3. The Morgan fingerprint density at radius 2 is 1.68 bits per heavy atom. The van der Waals surface area contributed by atoms with Crippen molar-refractivity contribution in [3.05, 3.63) is 29.1 Å². The van der Waals surface area contributed by atoms with Crippen LogP contribution in [0.1, 0.15) is 58.4 Å². The van der Waals surface area contributed by atoms with Gasteiger partial charge in [0.2, 0.25) is 0 Å². The first kappa shape index (κ1) is 21.7. The third kappa shape index (κ3) is 4.11. The zero-order chi connectivity index (χ0) is 21.4. The largest absolute Gasteiger partial charge is 0.464 e. The van der Waals surface area contributed by atoms with Gasteiger partial charge in [-0.3, -0.25) is 0 Å². The lowest BCUT2D eigenvalue weighted by molar-refractivity contribution is 0.184. The standard InChI is InChI=1S/C19H24ClN3O5/c1-18(2,3)11-9-21-15(23(16(24)25)17(26)27)13(14(11)19(4,5)6)12-7-10(8-20)22-28-12/h7,9H,8H2,1-6H3,(H,24,25)(H,26,27). The molecule has 2 heterocycles. The fourth-order valence-corrected chi connectivity index (χ4v) is 3.13. The van der Waals surface area contributed by atoms with E-state index in [1.54, 1.807) is 6.07 Å². The highest BCUT2D eigenvalue weighted by molar-refractivity contribution is 6.17. The summed E-state index contributed by atoms with van der Waals surface area (Å²) < 4.78 is 5.41. The van der Waals surface area contributed by atoms with Gasteiger partial charge in [0.25, 0.3) is 0 Å². The molecule has 0 fully saturated rings. The Bertz CT molecular complexity index is 895. The number of halogens is 1. The first-order valence-electron chi connectivity index (χ1n) is 8.61. The molecule has 2 amide bonds. The van der Waals surface area contributed by atoms with Gasteiger partial charge in [0, 0.05) is 12.3 Å². The highest BCUT2D eigenvalue weighted by atomic mass is 35.5. The zero-order valence-corrected chi connectivity index (χ0v) is 17.5. The molecule has 0 atom stereocenters. The summed E-state index contributed by atoms with van der Waals surface area (Å²) >= 11 is 5.83. The quantitative estimate of drug-likeness (QED) is 0.666. The molecule has 8 nitrogen and oxygen atoms in total. The lowest BCUT2D eigenvalue weighted by Crippen LogP contribution is -2.36. The number of pyridine rings is 1. The predicted molar refractivity (Wildman–Crippen MR) is 105 cm³/mol. The van der Waals surface area contributed by atoms with Gasteiger partial charge in [-0.25, -0.2) is 14.6 Å². The Labute approximate surface area is 168 Å². The van der Waals surface area contributed by atoms with E-state index in [1.165, 1.54) is 6.20 Å². The molecule has 0 saturated heterocycles. The summed E-state index contributed by atoms with van der Waals surface area (Å²) in [5, 5.41) is 22.8. The van der Waals surface area contributed by atoms with Gasteiger partial charge >= 0.3 is 12.2 Å². The van der Waals surface area contributed by atoms with Crippen LogP contribution in [0.2, 0.25) is 0 Å². The number of imide groups is 1. The van der Waals surface area contributed by atoms with Crippen LogP contribution in [0.15, 0.2) is 16.8 Å². The Balaban J connectivity index is 3.02. The maximum absolute atomic E-state index is 11.7. The molecule has 0 aliphatic rings. The van der Waals surface area contributed by atoms with Gasteiger partial charge in [0.1, 0.15) is 0 Å². The molecule has 152 valence electrons. The molecule has 0 aliphatic heterocycles. The van der Waals surface area contributed by atoms with E-state index >= 15 is 0 Å². The van der Waals surface area contributed by atoms with Crippen LogP contribution in [0.3, 0.4) is 0 Å². The summed E-state index contributed by atoms with van der Waals surface area (Å²) in [5.41, 5.74) is 1.48. The number of aromatic nitrogens is 2. The van der Waals surface area contributed by atoms with Crippen LogP contribution in [0.5, 0.6) is 0 Å². The number of carbonyl (C=O) groups is 2. The van der Waals surface area contributed by atoms with Gasteiger partial charge in [0.15, 0.2) is 11.6 Å². The van der Waals surface area contributed by atoms with Gasteiger partial charge in [-0.15, -0.1) is 11.6 Å². The van der Waals surface area contributed by atoms with E-state index < -0.39 is 17.6 Å². The molecule has 0 spiro atoms. The number of hydrogen-bond acceptors (Lipinski definition) is 5.